The molecule has 162 valence electrons. The molecule has 0 fully saturated rings. The number of hydrogen-bond donors (Lipinski definition) is 2. The minimum absolute atomic E-state index is 0.244. The highest BCUT2D eigenvalue weighted by molar-refractivity contribution is 6.07. The van der Waals surface area contributed by atoms with Crippen molar-refractivity contribution in [3.63, 3.8) is 0 Å². The van der Waals surface area contributed by atoms with Crippen molar-refractivity contribution in [1.82, 2.24) is 15.0 Å². The molecule has 0 aliphatic carbocycles. The van der Waals surface area contributed by atoms with Crippen LogP contribution >= 0.6 is 0 Å². The van der Waals surface area contributed by atoms with E-state index in [1.165, 1.54) is 25.3 Å². The number of pyridine rings is 1. The van der Waals surface area contributed by atoms with E-state index in [0.29, 0.717) is 22.8 Å². The summed E-state index contributed by atoms with van der Waals surface area (Å²) in [6.07, 6.45) is -4.04. The Hall–Kier alpha value is -3.76. The number of benzene rings is 1. The molecule has 0 atom stereocenters. The second-order valence-electron chi connectivity index (χ2n) is 6.48. The molecule has 1 amide bonds. The third kappa shape index (κ3) is 5.05. The van der Waals surface area contributed by atoms with Gasteiger partial charge in [-0.05, 0) is 43.7 Å². The molecule has 0 aliphatic heterocycles. The van der Waals surface area contributed by atoms with Crippen molar-refractivity contribution in [3.8, 4) is 5.88 Å². The quantitative estimate of drug-likeness (QED) is 0.567. The number of methoxy groups -OCH3 is 1. The molecule has 3 aromatic rings. The van der Waals surface area contributed by atoms with Crippen molar-refractivity contribution < 1.29 is 27.1 Å². The topological polar surface area (TPSA) is 89.0 Å². The Bertz CT molecular complexity index is 1140. The fourth-order valence-corrected chi connectivity index (χ4v) is 2.65. The molecule has 7 nitrogen and oxygen atoms in total. The Morgan fingerprint density at radius 3 is 2.39 bits per heavy atom. The van der Waals surface area contributed by atoms with E-state index in [2.05, 4.69) is 25.6 Å². The van der Waals surface area contributed by atoms with Crippen LogP contribution < -0.4 is 15.4 Å². The second kappa shape index (κ2) is 8.54. The van der Waals surface area contributed by atoms with Crippen molar-refractivity contribution >= 4 is 23.1 Å². The number of ether oxygens (including phenoxy) is 1. The summed E-state index contributed by atoms with van der Waals surface area (Å²) in [5.41, 5.74) is 1.21. The zero-order valence-corrected chi connectivity index (χ0v) is 16.6. The molecule has 0 unspecified atom stereocenters. The van der Waals surface area contributed by atoms with Gasteiger partial charge in [0.1, 0.15) is 17.2 Å². The van der Waals surface area contributed by atoms with E-state index in [1.807, 2.05) is 0 Å². The Labute approximate surface area is 174 Å². The van der Waals surface area contributed by atoms with Gasteiger partial charge in [0, 0.05) is 18.0 Å². The standard InChI is InChI=1S/C20H17F4N5O2/c1-10-8-12(21)4-5-14(10)27-17-13(9-25-19(29-17)20(22,23)24)18(30)28-15-6-7-16(31-3)26-11(15)2/h4-9H,1-3H3,(H,28,30)(H,25,27,29). The van der Waals surface area contributed by atoms with Crippen molar-refractivity contribution in [2.24, 2.45) is 0 Å². The zero-order valence-electron chi connectivity index (χ0n) is 16.6. The van der Waals surface area contributed by atoms with Crippen LogP contribution in [0.2, 0.25) is 0 Å². The predicted octanol–water partition coefficient (Wildman–Crippen LogP) is 4.65. The number of nitrogens with one attached hydrogen (secondary N) is 2. The molecule has 31 heavy (non-hydrogen) atoms. The Morgan fingerprint density at radius 2 is 1.77 bits per heavy atom. The number of aryl methyl sites for hydroxylation is 2. The van der Waals surface area contributed by atoms with Crippen LogP contribution in [0.5, 0.6) is 5.88 Å². The van der Waals surface area contributed by atoms with E-state index in [-0.39, 0.29) is 17.1 Å². The third-order valence-electron chi connectivity index (χ3n) is 4.25. The van der Waals surface area contributed by atoms with Gasteiger partial charge >= 0.3 is 6.18 Å². The molecule has 0 spiro atoms. The molecule has 2 N–H and O–H groups in total. The van der Waals surface area contributed by atoms with Crippen LogP contribution in [0.15, 0.2) is 36.5 Å². The number of alkyl halides is 3. The SMILES string of the molecule is COc1ccc(NC(=O)c2cnc(C(F)(F)F)nc2Nc2ccc(F)cc2C)c(C)n1. The van der Waals surface area contributed by atoms with Gasteiger partial charge in [0.2, 0.25) is 11.7 Å². The summed E-state index contributed by atoms with van der Waals surface area (Å²) >= 11 is 0. The van der Waals surface area contributed by atoms with Crippen LogP contribution in [-0.4, -0.2) is 28.0 Å². The lowest BCUT2D eigenvalue weighted by atomic mass is 10.2. The lowest BCUT2D eigenvalue weighted by Crippen LogP contribution is -2.19. The average molecular weight is 435 g/mol. The maximum atomic E-state index is 13.4. The summed E-state index contributed by atoms with van der Waals surface area (Å²) in [7, 11) is 1.44. The number of rotatable bonds is 5. The molecule has 1 aromatic carbocycles. The molecule has 2 aromatic heterocycles. The van der Waals surface area contributed by atoms with Crippen LogP contribution in [0.3, 0.4) is 0 Å². The number of amides is 1. The molecule has 11 heteroatoms. The lowest BCUT2D eigenvalue weighted by Gasteiger charge is -2.15. The maximum absolute atomic E-state index is 13.4. The summed E-state index contributed by atoms with van der Waals surface area (Å²) in [5.74, 6) is -2.74. The van der Waals surface area contributed by atoms with E-state index in [0.717, 1.165) is 12.3 Å². The monoisotopic (exact) mass is 435 g/mol. The molecule has 0 saturated heterocycles. The molecule has 0 aliphatic rings. The van der Waals surface area contributed by atoms with Crippen LogP contribution in [-0.2, 0) is 6.18 Å². The number of hydrogen-bond acceptors (Lipinski definition) is 6. The van der Waals surface area contributed by atoms with E-state index in [1.54, 1.807) is 19.9 Å². The van der Waals surface area contributed by atoms with Crippen molar-refractivity contribution in [2.45, 2.75) is 20.0 Å². The van der Waals surface area contributed by atoms with Gasteiger partial charge in [0.05, 0.1) is 18.5 Å². The van der Waals surface area contributed by atoms with Gasteiger partial charge in [-0.3, -0.25) is 4.79 Å². The van der Waals surface area contributed by atoms with Crippen molar-refractivity contribution in [3.05, 3.63) is 65.0 Å². The lowest BCUT2D eigenvalue weighted by molar-refractivity contribution is -0.144. The zero-order chi connectivity index (χ0) is 22.8. The van der Waals surface area contributed by atoms with Gasteiger partial charge in [-0.2, -0.15) is 13.2 Å². The molecule has 2 heterocycles. The van der Waals surface area contributed by atoms with E-state index >= 15 is 0 Å². The van der Waals surface area contributed by atoms with Crippen LogP contribution in [0.4, 0.5) is 34.8 Å². The smallest absolute Gasteiger partial charge is 0.451 e. The molecule has 0 saturated carbocycles. The first kappa shape index (κ1) is 21.9. The minimum Gasteiger partial charge on any atom is -0.481 e. The van der Waals surface area contributed by atoms with E-state index in [9.17, 15) is 22.4 Å². The van der Waals surface area contributed by atoms with E-state index < -0.39 is 23.7 Å². The highest BCUT2D eigenvalue weighted by Gasteiger charge is 2.36. The molecular weight excluding hydrogens is 418 g/mol. The van der Waals surface area contributed by atoms with Gasteiger partial charge in [-0.1, -0.05) is 0 Å². The number of carbonyl (C=O) groups is 1. The van der Waals surface area contributed by atoms with Crippen LogP contribution in [0, 0.1) is 19.7 Å². The highest BCUT2D eigenvalue weighted by atomic mass is 19.4. The number of nitrogens with zero attached hydrogens (tertiary/aromatic N) is 3. The van der Waals surface area contributed by atoms with Gasteiger partial charge in [0.15, 0.2) is 0 Å². The first-order valence-corrected chi connectivity index (χ1v) is 8.89. The first-order valence-electron chi connectivity index (χ1n) is 8.89. The van der Waals surface area contributed by atoms with Gasteiger partial charge in [0.25, 0.3) is 5.91 Å². The van der Waals surface area contributed by atoms with E-state index in [4.69, 9.17) is 4.74 Å². The largest absolute Gasteiger partial charge is 0.481 e. The number of halogens is 4. The van der Waals surface area contributed by atoms with Crippen molar-refractivity contribution in [2.75, 3.05) is 17.7 Å². The fourth-order valence-electron chi connectivity index (χ4n) is 2.65. The predicted molar refractivity (Wildman–Crippen MR) is 105 cm³/mol. The van der Waals surface area contributed by atoms with Gasteiger partial charge < -0.3 is 15.4 Å². The Morgan fingerprint density at radius 1 is 1.06 bits per heavy atom. The van der Waals surface area contributed by atoms with Crippen molar-refractivity contribution in [1.29, 1.82) is 0 Å². The third-order valence-corrected chi connectivity index (χ3v) is 4.25. The van der Waals surface area contributed by atoms with Crippen LogP contribution in [0.1, 0.15) is 27.4 Å². The van der Waals surface area contributed by atoms with Crippen LogP contribution in [0.25, 0.3) is 0 Å². The summed E-state index contributed by atoms with van der Waals surface area (Å²) in [4.78, 5) is 23.7. The fraction of sp³-hybridized carbons (Fsp3) is 0.200. The average Bonchev–Trinajstić information content (AvgIpc) is 2.70. The number of carbonyl (C=O) groups excluding carboxylic acids is 1. The number of aromatic nitrogens is 3. The highest BCUT2D eigenvalue weighted by Crippen LogP contribution is 2.30. The normalized spacial score (nSPS) is 11.2. The molecular formula is C20H17F4N5O2. The molecule has 0 radical (unpaired) electrons. The van der Waals surface area contributed by atoms with Gasteiger partial charge in [-0.15, -0.1) is 0 Å². The Kier molecular flexibility index (Phi) is 6.04. The summed E-state index contributed by atoms with van der Waals surface area (Å²) < 4.78 is 57.7. The maximum Gasteiger partial charge on any atom is 0.451 e. The Balaban J connectivity index is 1.99. The second-order valence-corrected chi connectivity index (χ2v) is 6.48. The summed E-state index contributed by atoms with van der Waals surface area (Å²) in [5, 5.41) is 5.23. The summed E-state index contributed by atoms with van der Waals surface area (Å²) in [6.45, 7) is 3.19. The minimum atomic E-state index is -4.82. The summed E-state index contributed by atoms with van der Waals surface area (Å²) in [6, 6.07) is 6.72. The van der Waals surface area contributed by atoms with Gasteiger partial charge in [-0.25, -0.2) is 19.3 Å². The molecule has 0 bridgehead atoms. The molecule has 3 rings (SSSR count). The number of anilines is 3. The first-order chi connectivity index (χ1) is 14.6.